The van der Waals surface area contributed by atoms with Crippen LogP contribution in [0.4, 0.5) is 34.6 Å². The van der Waals surface area contributed by atoms with Crippen molar-refractivity contribution < 1.29 is 9.13 Å². The third-order valence-corrected chi connectivity index (χ3v) is 5.98. The molecule has 12 heteroatoms. The van der Waals surface area contributed by atoms with E-state index in [4.69, 9.17) is 11.6 Å². The Kier molecular flexibility index (Phi) is 7.69. The molecule has 0 fully saturated rings. The molecule has 186 valence electrons. The highest BCUT2D eigenvalue weighted by atomic mass is 35.5. The van der Waals surface area contributed by atoms with Crippen LogP contribution in [0, 0.1) is 0 Å². The lowest BCUT2D eigenvalue weighted by atomic mass is 10.2. The van der Waals surface area contributed by atoms with Gasteiger partial charge in [-0.1, -0.05) is 21.8 Å². The van der Waals surface area contributed by atoms with Crippen LogP contribution in [0.1, 0.15) is 0 Å². The van der Waals surface area contributed by atoms with Crippen LogP contribution in [0.15, 0.2) is 81.6 Å². The lowest BCUT2D eigenvalue weighted by Gasteiger charge is -2.20. The van der Waals surface area contributed by atoms with Gasteiger partial charge in [0.25, 0.3) is 0 Å². The molecule has 0 aliphatic heterocycles. The van der Waals surface area contributed by atoms with Crippen LogP contribution in [0.25, 0.3) is 0 Å². The first-order valence-corrected chi connectivity index (χ1v) is 11.8. The molecule has 36 heavy (non-hydrogen) atoms. The van der Waals surface area contributed by atoms with Crippen molar-refractivity contribution in [2.75, 3.05) is 30.4 Å². The summed E-state index contributed by atoms with van der Waals surface area (Å²) in [6, 6.07) is 13.6. The summed E-state index contributed by atoms with van der Waals surface area (Å²) < 4.78 is 7.29. The molecule has 0 saturated heterocycles. The number of likely N-dealkylation sites (N-methyl/N-ethyl adjacent to an activating group) is 1. The summed E-state index contributed by atoms with van der Waals surface area (Å²) in [6.45, 7) is 1.50. The Bertz CT molecular complexity index is 1350. The summed E-state index contributed by atoms with van der Waals surface area (Å²) in [5.74, 6) is 1.41. The number of rotatable bonds is 9. The number of aryl methyl sites for hydroxylation is 4. The molecule has 4 rings (SSSR count). The van der Waals surface area contributed by atoms with Crippen LogP contribution in [0.3, 0.4) is 0 Å². The van der Waals surface area contributed by atoms with Crippen molar-refractivity contribution in [2.45, 2.75) is 0 Å². The van der Waals surface area contributed by atoms with Crippen LogP contribution in [-0.2, 0) is 28.2 Å². The van der Waals surface area contributed by atoms with E-state index in [1.807, 2.05) is 97.7 Å². The van der Waals surface area contributed by atoms with Gasteiger partial charge in [0.2, 0.25) is 6.33 Å². The largest absolute Gasteiger partial charge is 0.421 e. The quantitative estimate of drug-likeness (QED) is 0.268. The van der Waals surface area contributed by atoms with Crippen LogP contribution in [-0.4, -0.2) is 34.5 Å². The summed E-state index contributed by atoms with van der Waals surface area (Å²) in [5, 5.41) is 25.3. The van der Waals surface area contributed by atoms with Crippen molar-refractivity contribution in [1.82, 2.24) is 14.3 Å². The molecule has 0 atom stereocenters. The fourth-order valence-electron chi connectivity index (χ4n) is 3.52. The number of hydrogen-bond acceptors (Lipinski definition) is 7. The molecular formula is C24H30ClN11+2. The van der Waals surface area contributed by atoms with E-state index in [2.05, 4.69) is 35.8 Å². The second kappa shape index (κ2) is 11.1. The average molecular weight is 508 g/mol. The Morgan fingerprint density at radius 2 is 1.64 bits per heavy atom. The Morgan fingerprint density at radius 1 is 0.944 bits per heavy atom. The zero-order valence-electron chi connectivity index (χ0n) is 21.0. The van der Waals surface area contributed by atoms with Crippen LogP contribution >= 0.6 is 11.6 Å². The summed E-state index contributed by atoms with van der Waals surface area (Å²) in [4.78, 5) is 2.16. The van der Waals surface area contributed by atoms with Crippen molar-refractivity contribution in [2.24, 2.45) is 48.6 Å². The number of nitrogens with zero attached hydrogens (tertiary/aromatic N) is 10. The second-order valence-electron chi connectivity index (χ2n) is 8.41. The predicted octanol–water partition coefficient (Wildman–Crippen LogP) is 4.44. The number of azo groups is 2. The van der Waals surface area contributed by atoms with E-state index in [0.717, 1.165) is 29.6 Å². The van der Waals surface area contributed by atoms with Crippen molar-refractivity contribution >= 4 is 46.2 Å². The van der Waals surface area contributed by atoms with Gasteiger partial charge in [-0.2, -0.15) is 0 Å². The maximum absolute atomic E-state index is 6.47. The first-order valence-electron chi connectivity index (χ1n) is 11.4. The smallest absolute Gasteiger partial charge is 0.382 e. The van der Waals surface area contributed by atoms with Gasteiger partial charge in [-0.25, -0.2) is 13.7 Å². The van der Waals surface area contributed by atoms with Crippen LogP contribution < -0.4 is 19.4 Å². The van der Waals surface area contributed by atoms with Gasteiger partial charge in [0.05, 0.1) is 57.0 Å². The van der Waals surface area contributed by atoms with Crippen molar-refractivity contribution in [3.05, 3.63) is 66.2 Å². The fourth-order valence-corrected chi connectivity index (χ4v) is 3.76. The molecule has 0 amide bonds. The number of nitrogens with one attached hydrogen (secondary N) is 1. The van der Waals surface area contributed by atoms with E-state index in [1.165, 1.54) is 0 Å². The van der Waals surface area contributed by atoms with Crippen molar-refractivity contribution in [1.29, 1.82) is 0 Å². The summed E-state index contributed by atoms with van der Waals surface area (Å²) >= 11 is 6.47. The van der Waals surface area contributed by atoms with Gasteiger partial charge in [0, 0.05) is 36.1 Å². The molecule has 0 aliphatic rings. The lowest BCUT2D eigenvalue weighted by Crippen LogP contribution is -2.25. The normalized spacial score (nSPS) is 11.6. The molecule has 2 aromatic carbocycles. The number of hydrogen-bond donors (Lipinski definition) is 1. The molecular weight excluding hydrogens is 478 g/mol. The summed E-state index contributed by atoms with van der Waals surface area (Å²) in [7, 11) is 9.61. The molecule has 0 bridgehead atoms. The molecule has 11 nitrogen and oxygen atoms in total. The van der Waals surface area contributed by atoms with Gasteiger partial charge in [0.1, 0.15) is 5.69 Å². The number of imidazole rings is 1. The van der Waals surface area contributed by atoms with E-state index < -0.39 is 0 Å². The number of benzene rings is 2. The standard InChI is InChI=1S/C24H29ClN11/c1-32(20-9-6-18(7-10-20)28-31-24-35(4)17-27-36(24)5)13-12-26-22-11-8-19(16-21(22)25)29-30-23-33(2)14-15-34(23)3/h6-11,14-17H,12-13H2,1-5H3/q+1/p+1. The first kappa shape index (κ1) is 25.0. The first-order chi connectivity index (χ1) is 17.3. The van der Waals surface area contributed by atoms with E-state index in [1.54, 1.807) is 17.1 Å². The molecule has 0 unspecified atom stereocenters. The maximum Gasteiger partial charge on any atom is 0.421 e. The predicted molar refractivity (Wildman–Crippen MR) is 139 cm³/mol. The van der Waals surface area contributed by atoms with E-state index in [-0.39, 0.29) is 0 Å². The van der Waals surface area contributed by atoms with Gasteiger partial charge in [0.15, 0.2) is 0 Å². The highest BCUT2D eigenvalue weighted by Gasteiger charge is 2.12. The summed E-state index contributed by atoms with van der Waals surface area (Å²) in [5.41, 5.74) is 3.40. The molecule has 0 saturated carbocycles. The van der Waals surface area contributed by atoms with Gasteiger partial charge in [-0.05, 0) is 47.6 Å². The number of halogens is 1. The molecule has 0 radical (unpaired) electrons. The lowest BCUT2D eigenvalue weighted by molar-refractivity contribution is -0.659. The monoisotopic (exact) mass is 507 g/mol. The Labute approximate surface area is 215 Å². The third kappa shape index (κ3) is 5.92. The minimum absolute atomic E-state index is 0.599. The Balaban J connectivity index is 1.29. The van der Waals surface area contributed by atoms with Gasteiger partial charge >= 0.3 is 11.9 Å². The minimum atomic E-state index is 0.599. The maximum atomic E-state index is 6.47. The molecule has 0 spiro atoms. The zero-order chi connectivity index (χ0) is 25.7. The van der Waals surface area contributed by atoms with E-state index in [9.17, 15) is 0 Å². The van der Waals surface area contributed by atoms with Gasteiger partial charge < -0.3 is 10.2 Å². The van der Waals surface area contributed by atoms with E-state index in [0.29, 0.717) is 23.2 Å². The summed E-state index contributed by atoms with van der Waals surface area (Å²) in [6.07, 6.45) is 5.54. The van der Waals surface area contributed by atoms with Gasteiger partial charge in [-0.15, -0.1) is 4.68 Å². The van der Waals surface area contributed by atoms with Crippen molar-refractivity contribution in [3.63, 3.8) is 0 Å². The highest BCUT2D eigenvalue weighted by Crippen LogP contribution is 2.28. The zero-order valence-corrected chi connectivity index (χ0v) is 21.8. The Morgan fingerprint density at radius 3 is 2.28 bits per heavy atom. The molecule has 4 aromatic rings. The molecule has 0 aliphatic carbocycles. The minimum Gasteiger partial charge on any atom is -0.382 e. The molecule has 1 N–H and O–H groups in total. The van der Waals surface area contributed by atoms with Crippen LogP contribution in [0.2, 0.25) is 5.02 Å². The van der Waals surface area contributed by atoms with Crippen molar-refractivity contribution in [3.8, 4) is 0 Å². The second-order valence-corrected chi connectivity index (χ2v) is 8.82. The average Bonchev–Trinajstić information content (AvgIpc) is 3.37. The Hall–Kier alpha value is -4.12. The van der Waals surface area contributed by atoms with Gasteiger partial charge in [-0.3, -0.25) is 0 Å². The number of anilines is 2. The number of aromatic nitrogens is 5. The SMILES string of the molecule is CN(CCNc1ccc(N=Nc2n(C)cc[n+]2C)cc1Cl)c1ccc(N=Nc2n(C)nc[n+]2C)cc1. The fraction of sp³-hybridized carbons (Fsp3) is 0.292. The molecule has 2 heterocycles. The van der Waals surface area contributed by atoms with Crippen LogP contribution in [0.5, 0.6) is 0 Å². The molecule has 2 aromatic heterocycles. The highest BCUT2D eigenvalue weighted by molar-refractivity contribution is 6.33. The van der Waals surface area contributed by atoms with E-state index >= 15 is 0 Å². The third-order valence-electron chi connectivity index (χ3n) is 5.66. The topological polar surface area (TPSA) is 95.2 Å².